The van der Waals surface area contributed by atoms with Gasteiger partial charge in [-0.2, -0.15) is 0 Å². The number of benzene rings is 8. The lowest BCUT2D eigenvalue weighted by Gasteiger charge is -2.61. The Labute approximate surface area is 447 Å². The van der Waals surface area contributed by atoms with Crippen LogP contribution in [0.3, 0.4) is 0 Å². The number of fused-ring (bicyclic) bond motifs is 9. The van der Waals surface area contributed by atoms with Gasteiger partial charge in [0.05, 0.1) is 5.69 Å². The second-order valence-corrected chi connectivity index (χ2v) is 25.5. The Morgan fingerprint density at radius 1 is 0.400 bits per heavy atom. The lowest BCUT2D eigenvalue weighted by molar-refractivity contribution is -0.0397. The van der Waals surface area contributed by atoms with E-state index in [-0.39, 0.29) is 10.8 Å². The Hall–Kier alpha value is -6.38. The van der Waals surface area contributed by atoms with E-state index >= 15 is 0 Å². The summed E-state index contributed by atoms with van der Waals surface area (Å²) in [6.45, 7) is 9.48. The second kappa shape index (κ2) is 17.6. The third-order valence-corrected chi connectivity index (χ3v) is 20.9. The lowest BCUT2D eigenvalue weighted by atomic mass is 9.42. The van der Waals surface area contributed by atoms with Gasteiger partial charge in [-0.1, -0.05) is 154 Å². The second-order valence-electron chi connectivity index (χ2n) is 25.5. The van der Waals surface area contributed by atoms with Crippen LogP contribution in [0.15, 0.2) is 158 Å². The van der Waals surface area contributed by atoms with Crippen molar-refractivity contribution in [2.75, 3.05) is 9.80 Å². The lowest BCUT2D eigenvalue weighted by Crippen LogP contribution is -2.55. The third-order valence-electron chi connectivity index (χ3n) is 20.9. The largest absolute Gasteiger partial charge is 0.310 e. The fourth-order valence-electron chi connectivity index (χ4n) is 17.6. The van der Waals surface area contributed by atoms with Crippen LogP contribution in [-0.4, -0.2) is 0 Å². The summed E-state index contributed by atoms with van der Waals surface area (Å²) in [5.41, 5.74) is 25.2. The van der Waals surface area contributed by atoms with Crippen LogP contribution in [0.1, 0.15) is 167 Å². The molecule has 0 N–H and O–H groups in total. The van der Waals surface area contributed by atoms with E-state index in [1.165, 1.54) is 191 Å². The minimum absolute atomic E-state index is 0.0592. The molecular formula is C73H74N2. The molecule has 1 spiro atoms. The molecule has 0 heterocycles. The normalized spacial score (nSPS) is 24.1. The minimum Gasteiger partial charge on any atom is -0.310 e. The maximum absolute atomic E-state index is 2.77. The van der Waals surface area contributed by atoms with Crippen molar-refractivity contribution in [3.8, 4) is 22.3 Å². The molecule has 6 fully saturated rings. The molecule has 0 aliphatic heterocycles. The molecule has 8 aromatic rings. The molecule has 8 aliphatic rings. The van der Waals surface area contributed by atoms with Crippen LogP contribution in [0, 0.1) is 37.5 Å². The van der Waals surface area contributed by atoms with Crippen LogP contribution in [0.2, 0.25) is 0 Å². The number of hydrogen-bond donors (Lipinski definition) is 0. The van der Waals surface area contributed by atoms with E-state index in [0.717, 1.165) is 11.8 Å². The molecule has 8 aromatic carbocycles. The number of anilines is 6. The van der Waals surface area contributed by atoms with Crippen LogP contribution in [0.5, 0.6) is 0 Å². The number of hydrogen-bond acceptors (Lipinski definition) is 2. The van der Waals surface area contributed by atoms with Gasteiger partial charge in [-0.25, -0.2) is 0 Å². The molecule has 75 heavy (non-hydrogen) atoms. The van der Waals surface area contributed by atoms with E-state index < -0.39 is 0 Å². The first-order valence-corrected chi connectivity index (χ1v) is 29.6. The first-order valence-electron chi connectivity index (χ1n) is 29.6. The fraction of sp³-hybridized carbons (Fsp3) is 0.370. The fourth-order valence-corrected chi connectivity index (χ4v) is 17.6. The summed E-state index contributed by atoms with van der Waals surface area (Å²) in [5, 5.41) is 2.75. The molecule has 0 radical (unpaired) electrons. The summed E-state index contributed by atoms with van der Waals surface area (Å²) in [7, 11) is 0. The molecule has 0 unspecified atom stereocenters. The Bertz CT molecular complexity index is 3460. The summed E-state index contributed by atoms with van der Waals surface area (Å²) in [6.07, 6.45) is 20.3. The van der Waals surface area contributed by atoms with Crippen molar-refractivity contribution in [3.63, 3.8) is 0 Å². The zero-order valence-corrected chi connectivity index (χ0v) is 45.0. The highest BCUT2D eigenvalue weighted by Crippen LogP contribution is 2.73. The molecule has 0 aromatic heterocycles. The average molecular weight is 979 g/mol. The minimum atomic E-state index is -0.180. The van der Waals surface area contributed by atoms with Crippen molar-refractivity contribution in [3.05, 3.63) is 202 Å². The van der Waals surface area contributed by atoms with Gasteiger partial charge >= 0.3 is 0 Å². The van der Waals surface area contributed by atoms with Crippen LogP contribution in [0.4, 0.5) is 34.1 Å². The highest BCUT2D eigenvalue weighted by Gasteiger charge is 2.63. The molecule has 16 rings (SSSR count). The Morgan fingerprint density at radius 3 is 1.43 bits per heavy atom. The van der Waals surface area contributed by atoms with Gasteiger partial charge in [0.25, 0.3) is 0 Å². The highest BCUT2D eigenvalue weighted by atomic mass is 15.1. The Morgan fingerprint density at radius 2 is 0.880 bits per heavy atom. The molecule has 0 amide bonds. The maximum atomic E-state index is 2.77. The molecule has 6 saturated carbocycles. The standard InChI is InChI=1S/C73H74N2/c1-46-19-27-56(28-20-46)74(57-31-23-52(24-32-57)50-13-7-5-8-14-50)60-35-36-63-66(44-60)72(3,4)65-38-37-64-69-62-18-12-11-17-61(62)68(45-67(69)73(71(64)70(63)65)54-40-48-39-49(42-54)43-55(73)41-48)75(58-29-21-47(2)22-30-58)59-33-25-53(26-34-59)51-15-9-6-10-16-51/h11-12,17-38,44-45,48-51,54-55H,5-10,13-16,39-43H2,1-4H3. The summed E-state index contributed by atoms with van der Waals surface area (Å²) in [5.74, 6) is 4.31. The molecule has 376 valence electrons. The quantitative estimate of drug-likeness (QED) is 0.150. The first kappa shape index (κ1) is 46.0. The molecule has 2 heteroatoms. The van der Waals surface area contributed by atoms with Crippen molar-refractivity contribution >= 4 is 44.9 Å². The van der Waals surface area contributed by atoms with Crippen LogP contribution in [0.25, 0.3) is 33.0 Å². The third kappa shape index (κ3) is 7.09. The van der Waals surface area contributed by atoms with Crippen LogP contribution < -0.4 is 9.80 Å². The molecule has 2 nitrogen and oxygen atoms in total. The van der Waals surface area contributed by atoms with Gasteiger partial charge in [0.1, 0.15) is 0 Å². The molecule has 0 saturated heterocycles. The van der Waals surface area contributed by atoms with Crippen molar-refractivity contribution in [2.24, 2.45) is 23.7 Å². The van der Waals surface area contributed by atoms with Gasteiger partial charge in [-0.3, -0.25) is 0 Å². The maximum Gasteiger partial charge on any atom is 0.0543 e. The van der Waals surface area contributed by atoms with Gasteiger partial charge in [0.2, 0.25) is 0 Å². The van der Waals surface area contributed by atoms with Crippen molar-refractivity contribution in [2.45, 2.75) is 147 Å². The molecule has 8 aliphatic carbocycles. The topological polar surface area (TPSA) is 6.48 Å². The van der Waals surface area contributed by atoms with Gasteiger partial charge in [-0.05, 0) is 235 Å². The predicted molar refractivity (Wildman–Crippen MR) is 315 cm³/mol. The van der Waals surface area contributed by atoms with Gasteiger partial charge in [0.15, 0.2) is 0 Å². The van der Waals surface area contributed by atoms with Crippen molar-refractivity contribution < 1.29 is 0 Å². The van der Waals surface area contributed by atoms with E-state index in [0.29, 0.717) is 23.7 Å². The summed E-state index contributed by atoms with van der Waals surface area (Å²) >= 11 is 0. The number of rotatable bonds is 8. The first-order chi connectivity index (χ1) is 36.7. The summed E-state index contributed by atoms with van der Waals surface area (Å²) in [4.78, 5) is 5.16. The van der Waals surface area contributed by atoms with E-state index in [1.54, 1.807) is 16.7 Å². The van der Waals surface area contributed by atoms with E-state index in [9.17, 15) is 0 Å². The van der Waals surface area contributed by atoms with Crippen molar-refractivity contribution in [1.29, 1.82) is 0 Å². The average Bonchev–Trinajstić information content (AvgIpc) is 3.97. The zero-order valence-electron chi connectivity index (χ0n) is 45.0. The monoisotopic (exact) mass is 979 g/mol. The zero-order chi connectivity index (χ0) is 50.2. The van der Waals surface area contributed by atoms with Crippen LogP contribution in [-0.2, 0) is 10.8 Å². The van der Waals surface area contributed by atoms with Gasteiger partial charge in [0, 0.05) is 44.7 Å². The van der Waals surface area contributed by atoms with Gasteiger partial charge in [-0.15, -0.1) is 0 Å². The van der Waals surface area contributed by atoms with Crippen molar-refractivity contribution in [1.82, 2.24) is 0 Å². The van der Waals surface area contributed by atoms with Gasteiger partial charge < -0.3 is 9.80 Å². The van der Waals surface area contributed by atoms with E-state index in [4.69, 9.17) is 0 Å². The smallest absolute Gasteiger partial charge is 0.0543 e. The summed E-state index contributed by atoms with van der Waals surface area (Å²) < 4.78 is 0. The van der Waals surface area contributed by atoms with E-state index in [2.05, 4.69) is 195 Å². The molecule has 0 atom stereocenters. The highest BCUT2D eigenvalue weighted by molar-refractivity contribution is 6.11. The SMILES string of the molecule is Cc1ccc(N(c2ccc(C3CCCCC3)cc2)c2ccc3c(c2)C(C)(C)c2ccc4c(c2-3)C2(c3cc(N(c5ccc(C)cc5)c5ccc(C6CCCCC6)cc5)c5ccccc5c3-4)C3CC4CC(C3)CC2C4)cc1. The predicted octanol–water partition coefficient (Wildman–Crippen LogP) is 20.5. The number of nitrogens with zero attached hydrogens (tertiary/aromatic N) is 2. The van der Waals surface area contributed by atoms with Crippen LogP contribution >= 0.6 is 0 Å². The summed E-state index contributed by atoms with van der Waals surface area (Å²) in [6, 6.07) is 63.2. The number of aryl methyl sites for hydroxylation is 2. The van der Waals surface area contributed by atoms with E-state index in [1.807, 2.05) is 0 Å². The molecule has 4 bridgehead atoms. The Kier molecular flexibility index (Phi) is 10.8. The Balaban J connectivity index is 0.923. The molecular weight excluding hydrogens is 905 g/mol.